The van der Waals surface area contributed by atoms with Crippen LogP contribution in [-0.2, 0) is 17.7 Å². The lowest BCUT2D eigenvalue weighted by molar-refractivity contribution is -0.0693. The number of likely N-dealkylation sites (tertiary alicyclic amines) is 1. The molecule has 3 aliphatic heterocycles. The van der Waals surface area contributed by atoms with Crippen molar-refractivity contribution in [3.05, 3.63) is 17.0 Å². The summed E-state index contributed by atoms with van der Waals surface area (Å²) in [6, 6.07) is 0. The Morgan fingerprint density at radius 2 is 1.93 bits per heavy atom. The van der Waals surface area contributed by atoms with Crippen molar-refractivity contribution in [2.45, 2.75) is 58.3 Å². The number of carbonyl (C=O) groups excluding carboxylic acids is 1. The van der Waals surface area contributed by atoms with Crippen molar-refractivity contribution in [1.29, 1.82) is 0 Å². The molecule has 0 aromatic carbocycles. The van der Waals surface area contributed by atoms with Crippen molar-refractivity contribution in [3.8, 4) is 0 Å². The smallest absolute Gasteiger partial charge is 0.274 e. The van der Waals surface area contributed by atoms with Crippen molar-refractivity contribution < 1.29 is 9.53 Å². The van der Waals surface area contributed by atoms with Crippen molar-refractivity contribution in [1.82, 2.24) is 25.3 Å². The Kier molecular flexibility index (Phi) is 7.36. The standard InChI is InChI=1S/C20H33N5O2.ClH/c1-14-12-24(13-15(2)27-14)8-4-16-5-9-25(10-6-16)20(26)19-17-11-21-7-3-18(17)22-23-19;/h14-16,21H,3-13H2,1-2H3,(H,22,23);1H. The Balaban J connectivity index is 0.00000225. The topological polar surface area (TPSA) is 73.5 Å². The van der Waals surface area contributed by atoms with E-state index in [0.717, 1.165) is 82.3 Å². The van der Waals surface area contributed by atoms with Crippen LogP contribution in [0.15, 0.2) is 0 Å². The highest BCUT2D eigenvalue weighted by Crippen LogP contribution is 2.24. The molecule has 0 aliphatic carbocycles. The second-order valence-corrected chi connectivity index (χ2v) is 8.50. The van der Waals surface area contributed by atoms with Crippen molar-refractivity contribution >= 4 is 18.3 Å². The summed E-state index contributed by atoms with van der Waals surface area (Å²) in [6.45, 7) is 11.0. The fraction of sp³-hybridized carbons (Fsp3) is 0.800. The number of halogens is 1. The lowest BCUT2D eigenvalue weighted by Gasteiger charge is -2.37. The van der Waals surface area contributed by atoms with Crippen molar-refractivity contribution in [2.75, 3.05) is 39.3 Å². The number of ether oxygens (including phenoxy) is 1. The number of rotatable bonds is 4. The van der Waals surface area contributed by atoms with Crippen LogP contribution in [0, 0.1) is 5.92 Å². The monoisotopic (exact) mass is 411 g/mol. The zero-order valence-electron chi connectivity index (χ0n) is 17.1. The van der Waals surface area contributed by atoms with Crippen LogP contribution in [0.3, 0.4) is 0 Å². The summed E-state index contributed by atoms with van der Waals surface area (Å²) < 4.78 is 5.82. The number of aromatic nitrogens is 2. The van der Waals surface area contributed by atoms with Crippen molar-refractivity contribution in [2.24, 2.45) is 5.92 Å². The van der Waals surface area contributed by atoms with Gasteiger partial charge in [-0.25, -0.2) is 0 Å². The van der Waals surface area contributed by atoms with Gasteiger partial charge in [-0.2, -0.15) is 5.10 Å². The first-order chi connectivity index (χ1) is 13.1. The molecule has 158 valence electrons. The molecule has 0 saturated carbocycles. The number of carbonyl (C=O) groups is 1. The van der Waals surface area contributed by atoms with Gasteiger partial charge in [-0.15, -0.1) is 12.4 Å². The highest BCUT2D eigenvalue weighted by Gasteiger charge is 2.29. The van der Waals surface area contributed by atoms with Gasteiger partial charge in [-0.1, -0.05) is 0 Å². The van der Waals surface area contributed by atoms with Crippen LogP contribution in [0.1, 0.15) is 54.9 Å². The number of piperidine rings is 1. The van der Waals surface area contributed by atoms with Crippen LogP contribution in [-0.4, -0.2) is 77.4 Å². The second-order valence-electron chi connectivity index (χ2n) is 8.50. The molecule has 1 amide bonds. The summed E-state index contributed by atoms with van der Waals surface area (Å²) in [6.07, 6.45) is 5.03. The Morgan fingerprint density at radius 1 is 1.21 bits per heavy atom. The summed E-state index contributed by atoms with van der Waals surface area (Å²) in [5, 5.41) is 10.7. The van der Waals surface area contributed by atoms with Crippen molar-refractivity contribution in [3.63, 3.8) is 0 Å². The van der Waals surface area contributed by atoms with Gasteiger partial charge in [0.15, 0.2) is 5.69 Å². The maximum Gasteiger partial charge on any atom is 0.274 e. The van der Waals surface area contributed by atoms with E-state index in [0.29, 0.717) is 17.9 Å². The number of aromatic amines is 1. The van der Waals surface area contributed by atoms with Gasteiger partial charge in [0.2, 0.25) is 0 Å². The van der Waals surface area contributed by atoms with Crippen LogP contribution >= 0.6 is 12.4 Å². The molecule has 4 rings (SSSR count). The minimum Gasteiger partial charge on any atom is -0.373 e. The predicted molar refractivity (Wildman–Crippen MR) is 111 cm³/mol. The average molecular weight is 412 g/mol. The normalized spacial score (nSPS) is 26.6. The SMILES string of the molecule is CC1CN(CCC2CCN(C(=O)c3n[nH]c4c3CNCC4)CC2)CC(C)O1.Cl. The van der Waals surface area contributed by atoms with Gasteiger partial charge in [-0.05, 0) is 45.6 Å². The van der Waals surface area contributed by atoms with E-state index in [2.05, 4.69) is 34.3 Å². The van der Waals surface area contributed by atoms with Gasteiger partial charge < -0.3 is 15.0 Å². The van der Waals surface area contributed by atoms with Crippen LogP contribution < -0.4 is 5.32 Å². The molecule has 2 unspecified atom stereocenters. The van der Waals surface area contributed by atoms with Crippen LogP contribution in [0.2, 0.25) is 0 Å². The first-order valence-corrected chi connectivity index (χ1v) is 10.5. The van der Waals surface area contributed by atoms with Gasteiger partial charge in [-0.3, -0.25) is 14.8 Å². The van der Waals surface area contributed by atoms with Crippen LogP contribution in [0.4, 0.5) is 0 Å². The van der Waals surface area contributed by atoms with E-state index < -0.39 is 0 Å². The molecule has 0 spiro atoms. The molecule has 8 heteroatoms. The zero-order chi connectivity index (χ0) is 18.8. The van der Waals surface area contributed by atoms with Crippen LogP contribution in [0.5, 0.6) is 0 Å². The van der Waals surface area contributed by atoms with Gasteiger partial charge in [0.1, 0.15) is 0 Å². The molecule has 2 fully saturated rings. The maximum atomic E-state index is 12.9. The largest absolute Gasteiger partial charge is 0.373 e. The van der Waals surface area contributed by atoms with Gasteiger partial charge in [0.25, 0.3) is 5.91 Å². The molecule has 4 heterocycles. The maximum absolute atomic E-state index is 12.9. The molecule has 2 N–H and O–H groups in total. The minimum atomic E-state index is 0. The van der Waals surface area contributed by atoms with Gasteiger partial charge >= 0.3 is 0 Å². The third-order valence-corrected chi connectivity index (χ3v) is 6.26. The van der Waals surface area contributed by atoms with Gasteiger partial charge in [0.05, 0.1) is 12.2 Å². The highest BCUT2D eigenvalue weighted by atomic mass is 35.5. The summed E-state index contributed by atoms with van der Waals surface area (Å²) >= 11 is 0. The molecule has 3 aliphatic rings. The quantitative estimate of drug-likeness (QED) is 0.790. The average Bonchev–Trinajstić information content (AvgIpc) is 3.10. The number of amides is 1. The van der Waals surface area contributed by atoms with E-state index in [9.17, 15) is 4.79 Å². The fourth-order valence-electron chi connectivity index (χ4n) is 4.81. The minimum absolute atomic E-state index is 0. The number of nitrogens with zero attached hydrogens (tertiary/aromatic N) is 3. The highest BCUT2D eigenvalue weighted by molar-refractivity contribution is 5.94. The number of hydrogen-bond donors (Lipinski definition) is 2. The van der Waals surface area contributed by atoms with E-state index >= 15 is 0 Å². The lowest BCUT2D eigenvalue weighted by Crippen LogP contribution is -2.46. The molecule has 1 aromatic rings. The van der Waals surface area contributed by atoms with E-state index in [1.54, 1.807) is 0 Å². The lowest BCUT2D eigenvalue weighted by atomic mass is 9.92. The molecular formula is C20H34ClN5O2. The number of morpholine rings is 1. The Hall–Kier alpha value is -1.15. The van der Waals surface area contributed by atoms with Gasteiger partial charge in [0, 0.05) is 56.9 Å². The fourth-order valence-corrected chi connectivity index (χ4v) is 4.81. The molecule has 7 nitrogen and oxygen atoms in total. The number of H-pyrrole nitrogens is 1. The molecule has 0 bridgehead atoms. The third-order valence-electron chi connectivity index (χ3n) is 6.26. The Bertz CT molecular complexity index is 649. The number of fused-ring (bicyclic) bond motifs is 1. The second kappa shape index (κ2) is 9.57. The number of hydrogen-bond acceptors (Lipinski definition) is 5. The Morgan fingerprint density at radius 3 is 2.64 bits per heavy atom. The third kappa shape index (κ3) is 4.87. The summed E-state index contributed by atoms with van der Waals surface area (Å²) in [7, 11) is 0. The molecular weight excluding hydrogens is 378 g/mol. The molecule has 28 heavy (non-hydrogen) atoms. The molecule has 2 atom stereocenters. The summed E-state index contributed by atoms with van der Waals surface area (Å²) in [5.74, 6) is 0.822. The van der Waals surface area contributed by atoms with E-state index in [1.807, 2.05) is 4.90 Å². The zero-order valence-corrected chi connectivity index (χ0v) is 17.9. The molecule has 2 saturated heterocycles. The first kappa shape index (κ1) is 21.6. The first-order valence-electron chi connectivity index (χ1n) is 10.5. The summed E-state index contributed by atoms with van der Waals surface area (Å²) in [5.41, 5.74) is 2.83. The molecule has 0 radical (unpaired) electrons. The number of nitrogens with one attached hydrogen (secondary N) is 2. The Labute approximate surface area is 174 Å². The molecule has 1 aromatic heterocycles. The summed E-state index contributed by atoms with van der Waals surface area (Å²) in [4.78, 5) is 17.5. The van der Waals surface area contributed by atoms with E-state index in [1.165, 1.54) is 6.42 Å². The predicted octanol–water partition coefficient (Wildman–Crippen LogP) is 1.83. The van der Waals surface area contributed by atoms with E-state index in [-0.39, 0.29) is 18.3 Å². The van der Waals surface area contributed by atoms with Crippen LogP contribution in [0.25, 0.3) is 0 Å². The van der Waals surface area contributed by atoms with E-state index in [4.69, 9.17) is 4.74 Å².